The van der Waals surface area contributed by atoms with Gasteiger partial charge in [-0.2, -0.15) is 0 Å². The van der Waals surface area contributed by atoms with Crippen LogP contribution in [0.2, 0.25) is 0 Å². The molecule has 2 aliphatic carbocycles. The highest BCUT2D eigenvalue weighted by Gasteiger charge is 2.51. The molecule has 0 unspecified atom stereocenters. The van der Waals surface area contributed by atoms with E-state index in [1.165, 1.54) is 11.1 Å². The van der Waals surface area contributed by atoms with E-state index in [1.54, 1.807) is 0 Å². The quantitative estimate of drug-likeness (QED) is 0.597. The molecule has 0 N–H and O–H groups in total. The van der Waals surface area contributed by atoms with E-state index in [2.05, 4.69) is 48.6 Å². The highest BCUT2D eigenvalue weighted by Crippen LogP contribution is 2.53. The zero-order valence-electron chi connectivity index (χ0n) is 9.10. The van der Waals surface area contributed by atoms with Gasteiger partial charge in [0.2, 0.25) is 0 Å². The molecule has 0 fully saturated rings. The number of allylic oxidation sites excluding steroid dienone is 1. The van der Waals surface area contributed by atoms with E-state index in [1.807, 2.05) is 0 Å². The number of hydrogen-bond donors (Lipinski definition) is 0. The Bertz CT molecular complexity index is 500. The molecule has 0 bridgehead atoms. The lowest BCUT2D eigenvalue weighted by Crippen LogP contribution is -2.40. The van der Waals surface area contributed by atoms with Crippen LogP contribution in [0.3, 0.4) is 0 Å². The number of rotatable bonds is 0. The zero-order valence-corrected chi connectivity index (χ0v) is 9.10. The molecular formula is C15H14O. The fourth-order valence-corrected chi connectivity index (χ4v) is 3.43. The summed E-state index contributed by atoms with van der Waals surface area (Å²) < 4.78 is 6.19. The van der Waals surface area contributed by atoms with Gasteiger partial charge in [0.25, 0.3) is 0 Å². The minimum absolute atomic E-state index is 0.0473. The van der Waals surface area contributed by atoms with Crippen molar-refractivity contribution >= 4 is 0 Å². The second-order valence-corrected chi connectivity index (χ2v) is 4.95. The molecule has 1 aromatic rings. The van der Waals surface area contributed by atoms with E-state index in [9.17, 15) is 0 Å². The minimum atomic E-state index is -0.0473. The van der Waals surface area contributed by atoms with Crippen LogP contribution in [-0.2, 0) is 11.3 Å². The lowest BCUT2D eigenvalue weighted by molar-refractivity contribution is -0.0559. The molecule has 0 saturated carbocycles. The Morgan fingerprint density at radius 3 is 3.12 bits per heavy atom. The Kier molecular flexibility index (Phi) is 1.57. The molecule has 0 saturated heterocycles. The molecule has 3 aliphatic rings. The average molecular weight is 210 g/mol. The highest BCUT2D eigenvalue weighted by atomic mass is 16.5. The Balaban J connectivity index is 1.91. The van der Waals surface area contributed by atoms with Crippen LogP contribution in [-0.4, -0.2) is 5.60 Å². The van der Waals surface area contributed by atoms with Crippen LogP contribution in [0.5, 0.6) is 0 Å². The number of hydrogen-bond acceptors (Lipinski definition) is 1. The first-order valence-corrected chi connectivity index (χ1v) is 5.98. The van der Waals surface area contributed by atoms with Crippen LogP contribution in [0.1, 0.15) is 23.5 Å². The van der Waals surface area contributed by atoms with Gasteiger partial charge < -0.3 is 4.74 Å². The van der Waals surface area contributed by atoms with Crippen molar-refractivity contribution in [2.75, 3.05) is 0 Å². The molecule has 1 aromatic carbocycles. The van der Waals surface area contributed by atoms with Crippen molar-refractivity contribution in [2.24, 2.45) is 5.92 Å². The third kappa shape index (κ3) is 0.903. The Morgan fingerprint density at radius 1 is 1.19 bits per heavy atom. The van der Waals surface area contributed by atoms with E-state index < -0.39 is 0 Å². The summed E-state index contributed by atoms with van der Waals surface area (Å²) in [7, 11) is 0. The summed E-state index contributed by atoms with van der Waals surface area (Å²) in [4.78, 5) is 0. The molecule has 0 aromatic heterocycles. The van der Waals surface area contributed by atoms with Gasteiger partial charge in [-0.15, -0.1) is 0 Å². The predicted octanol–water partition coefficient (Wildman–Crippen LogP) is 3.19. The molecule has 80 valence electrons. The number of ether oxygens (including phenoxy) is 1. The van der Waals surface area contributed by atoms with E-state index in [4.69, 9.17) is 4.74 Å². The summed E-state index contributed by atoms with van der Waals surface area (Å²) in [5.41, 5.74) is 2.76. The topological polar surface area (TPSA) is 9.23 Å². The molecular weight excluding hydrogens is 196 g/mol. The van der Waals surface area contributed by atoms with Crippen molar-refractivity contribution in [2.45, 2.75) is 24.5 Å². The van der Waals surface area contributed by atoms with Gasteiger partial charge in [0.05, 0.1) is 6.61 Å². The lowest BCUT2D eigenvalue weighted by Gasteiger charge is -2.40. The monoisotopic (exact) mass is 210 g/mol. The van der Waals surface area contributed by atoms with Crippen molar-refractivity contribution in [3.05, 3.63) is 59.7 Å². The minimum Gasteiger partial charge on any atom is -0.365 e. The first-order valence-electron chi connectivity index (χ1n) is 5.98. The van der Waals surface area contributed by atoms with Gasteiger partial charge in [0.1, 0.15) is 5.60 Å². The third-order valence-corrected chi connectivity index (χ3v) is 4.24. The summed E-state index contributed by atoms with van der Waals surface area (Å²) in [5, 5.41) is 0. The molecule has 1 spiro atoms. The van der Waals surface area contributed by atoms with E-state index >= 15 is 0 Å². The van der Waals surface area contributed by atoms with E-state index in [-0.39, 0.29) is 5.60 Å². The van der Waals surface area contributed by atoms with Crippen LogP contribution >= 0.6 is 0 Å². The van der Waals surface area contributed by atoms with E-state index in [0.29, 0.717) is 11.8 Å². The van der Waals surface area contributed by atoms with Crippen LogP contribution in [0.15, 0.2) is 48.6 Å². The van der Waals surface area contributed by atoms with Gasteiger partial charge >= 0.3 is 0 Å². The van der Waals surface area contributed by atoms with Crippen LogP contribution in [0.4, 0.5) is 0 Å². The summed E-state index contributed by atoms with van der Waals surface area (Å²) in [6.45, 7) is 0.759. The Morgan fingerprint density at radius 2 is 2.12 bits per heavy atom. The maximum absolute atomic E-state index is 6.19. The van der Waals surface area contributed by atoms with Gasteiger partial charge in [0.15, 0.2) is 0 Å². The summed E-state index contributed by atoms with van der Waals surface area (Å²) in [6.07, 6.45) is 10.4. The van der Waals surface area contributed by atoms with Crippen molar-refractivity contribution in [3.63, 3.8) is 0 Å². The zero-order chi connectivity index (χ0) is 10.6. The second kappa shape index (κ2) is 2.86. The first kappa shape index (κ1) is 8.77. The Hall–Kier alpha value is -1.34. The highest BCUT2D eigenvalue weighted by molar-refractivity contribution is 5.45. The SMILES string of the molecule is C1=C[C@@]23OCc4ccccc4[C@@H]2C=C[C@H]3C1. The lowest BCUT2D eigenvalue weighted by atomic mass is 9.78. The predicted molar refractivity (Wildman–Crippen MR) is 63.1 cm³/mol. The normalized spacial score (nSPS) is 38.2. The largest absolute Gasteiger partial charge is 0.365 e. The summed E-state index contributed by atoms with van der Waals surface area (Å²) in [5.74, 6) is 0.993. The van der Waals surface area contributed by atoms with Crippen LogP contribution in [0.25, 0.3) is 0 Å². The van der Waals surface area contributed by atoms with Gasteiger partial charge in [-0.05, 0) is 17.5 Å². The van der Waals surface area contributed by atoms with Crippen LogP contribution < -0.4 is 0 Å². The molecule has 1 heterocycles. The Labute approximate surface area is 95.4 Å². The fourth-order valence-electron chi connectivity index (χ4n) is 3.43. The van der Waals surface area contributed by atoms with Crippen molar-refractivity contribution in [1.82, 2.24) is 0 Å². The van der Waals surface area contributed by atoms with Crippen LogP contribution in [0, 0.1) is 5.92 Å². The van der Waals surface area contributed by atoms with Gasteiger partial charge in [-0.25, -0.2) is 0 Å². The number of benzene rings is 1. The second-order valence-electron chi connectivity index (χ2n) is 4.95. The third-order valence-electron chi connectivity index (χ3n) is 4.24. The average Bonchev–Trinajstić information content (AvgIpc) is 2.85. The van der Waals surface area contributed by atoms with Crippen molar-refractivity contribution < 1.29 is 4.74 Å². The molecule has 1 nitrogen and oxygen atoms in total. The van der Waals surface area contributed by atoms with E-state index in [0.717, 1.165) is 13.0 Å². The first-order chi connectivity index (χ1) is 7.90. The number of fused-ring (bicyclic) bond motifs is 2. The molecule has 0 radical (unpaired) electrons. The molecule has 1 aliphatic heterocycles. The molecule has 16 heavy (non-hydrogen) atoms. The molecule has 3 atom stereocenters. The maximum Gasteiger partial charge on any atom is 0.103 e. The van der Waals surface area contributed by atoms with Gasteiger partial charge in [-0.1, -0.05) is 48.6 Å². The van der Waals surface area contributed by atoms with Gasteiger partial charge in [0, 0.05) is 11.8 Å². The molecule has 0 amide bonds. The summed E-state index contributed by atoms with van der Waals surface area (Å²) >= 11 is 0. The van der Waals surface area contributed by atoms with Gasteiger partial charge in [-0.3, -0.25) is 0 Å². The standard InChI is InChI=1S/C15H14O/c1-2-6-13-11(4-1)10-16-15-9-3-5-12(15)7-8-14(13)15/h1-4,6-9,12,14H,5,10H2/t12-,14+,15+/m1/s1. The van der Waals surface area contributed by atoms with Crippen molar-refractivity contribution in [3.8, 4) is 0 Å². The van der Waals surface area contributed by atoms with Crippen molar-refractivity contribution in [1.29, 1.82) is 0 Å². The maximum atomic E-state index is 6.19. The smallest absolute Gasteiger partial charge is 0.103 e. The summed E-state index contributed by atoms with van der Waals surface area (Å²) in [6, 6.07) is 8.67. The molecule has 4 rings (SSSR count). The fraction of sp³-hybridized carbons (Fsp3) is 0.333. The molecule has 1 heteroatoms.